The van der Waals surface area contributed by atoms with E-state index in [0.29, 0.717) is 12.8 Å². The first-order valence-corrected chi connectivity index (χ1v) is 10.7. The van der Waals surface area contributed by atoms with Crippen molar-refractivity contribution in [3.63, 3.8) is 0 Å². The molecule has 0 unspecified atom stereocenters. The molecular formula is C22H27BrO5. The largest absolute Gasteiger partial charge is 0.466 e. The van der Waals surface area contributed by atoms with Gasteiger partial charge in [0.2, 0.25) is 0 Å². The van der Waals surface area contributed by atoms with Crippen molar-refractivity contribution in [3.8, 4) is 0 Å². The van der Waals surface area contributed by atoms with Crippen molar-refractivity contribution in [1.82, 2.24) is 0 Å². The minimum Gasteiger partial charge on any atom is -0.466 e. The maximum absolute atomic E-state index is 12.7. The molecule has 1 aromatic carbocycles. The molecule has 5 nitrogen and oxygen atoms in total. The van der Waals surface area contributed by atoms with E-state index >= 15 is 0 Å². The van der Waals surface area contributed by atoms with E-state index in [1.54, 1.807) is 13.8 Å². The molecular weight excluding hydrogens is 424 g/mol. The second-order valence-electron chi connectivity index (χ2n) is 8.33. The Hall–Kier alpha value is -1.53. The highest BCUT2D eigenvalue weighted by Gasteiger charge is 2.57. The van der Waals surface area contributed by atoms with Gasteiger partial charge >= 0.3 is 5.97 Å². The summed E-state index contributed by atoms with van der Waals surface area (Å²) in [6.45, 7) is 3.75. The number of carbonyl (C=O) groups excluding carboxylic acids is 3. The summed E-state index contributed by atoms with van der Waals surface area (Å²) in [6.07, 6.45) is 2.40. The van der Waals surface area contributed by atoms with E-state index in [-0.39, 0.29) is 42.7 Å². The van der Waals surface area contributed by atoms with Gasteiger partial charge in [-0.05, 0) is 61.6 Å². The van der Waals surface area contributed by atoms with Crippen LogP contribution in [-0.4, -0.2) is 36.4 Å². The minimum atomic E-state index is -1.04. The smallest absolute Gasteiger partial charge is 0.309 e. The lowest BCUT2D eigenvalue weighted by Crippen LogP contribution is -2.57. The van der Waals surface area contributed by atoms with Crippen LogP contribution >= 0.6 is 15.9 Å². The van der Waals surface area contributed by atoms with Crippen LogP contribution in [0.3, 0.4) is 0 Å². The lowest BCUT2D eigenvalue weighted by atomic mass is 9.51. The van der Waals surface area contributed by atoms with Gasteiger partial charge in [0.05, 0.1) is 24.0 Å². The van der Waals surface area contributed by atoms with E-state index in [2.05, 4.69) is 15.9 Å². The number of aliphatic hydroxyl groups is 1. The highest BCUT2D eigenvalue weighted by atomic mass is 79.9. The fourth-order valence-corrected chi connectivity index (χ4v) is 5.59. The van der Waals surface area contributed by atoms with Crippen LogP contribution in [0, 0.1) is 29.1 Å². The number of ether oxygens (including phenoxy) is 1. The highest BCUT2D eigenvalue weighted by molar-refractivity contribution is 9.10. The number of hydrogen-bond acceptors (Lipinski definition) is 5. The molecule has 0 amide bonds. The predicted molar refractivity (Wildman–Crippen MR) is 108 cm³/mol. The molecule has 0 spiro atoms. The van der Waals surface area contributed by atoms with Crippen LogP contribution in [0.25, 0.3) is 0 Å². The van der Waals surface area contributed by atoms with Crippen LogP contribution in [0.15, 0.2) is 28.7 Å². The normalized spacial score (nSPS) is 37.6. The molecule has 3 rings (SSSR count). The zero-order valence-corrected chi connectivity index (χ0v) is 17.8. The molecule has 0 bridgehead atoms. The Labute approximate surface area is 174 Å². The van der Waals surface area contributed by atoms with E-state index in [1.165, 1.54) is 0 Å². The summed E-state index contributed by atoms with van der Waals surface area (Å²) >= 11 is 3.43. The molecule has 1 N–H and O–H groups in total. The number of fused-ring (bicyclic) bond motifs is 1. The van der Waals surface area contributed by atoms with Gasteiger partial charge in [0, 0.05) is 10.4 Å². The molecule has 6 heteroatoms. The number of rotatable bonds is 5. The summed E-state index contributed by atoms with van der Waals surface area (Å²) in [6, 6.07) is 7.73. The number of halogens is 1. The molecule has 7 atom stereocenters. The third-order valence-electron chi connectivity index (χ3n) is 6.71. The van der Waals surface area contributed by atoms with Gasteiger partial charge in [0.1, 0.15) is 12.6 Å². The van der Waals surface area contributed by atoms with Gasteiger partial charge in [-0.15, -0.1) is 0 Å². The van der Waals surface area contributed by atoms with Gasteiger partial charge in [-0.1, -0.05) is 35.0 Å². The van der Waals surface area contributed by atoms with Crippen molar-refractivity contribution in [2.24, 2.45) is 29.1 Å². The minimum absolute atomic E-state index is 0.119. The zero-order chi connectivity index (χ0) is 20.5. The fourth-order valence-electron chi connectivity index (χ4n) is 5.33. The number of benzene rings is 1. The summed E-state index contributed by atoms with van der Waals surface area (Å²) in [5.74, 6) is -1.73. The highest BCUT2D eigenvalue weighted by Crippen LogP contribution is 2.56. The van der Waals surface area contributed by atoms with Crippen molar-refractivity contribution >= 4 is 34.5 Å². The van der Waals surface area contributed by atoms with Crippen LogP contribution in [0.5, 0.6) is 0 Å². The van der Waals surface area contributed by atoms with Gasteiger partial charge in [0.15, 0.2) is 0 Å². The van der Waals surface area contributed by atoms with Crippen molar-refractivity contribution in [2.45, 2.75) is 45.1 Å². The molecule has 0 heterocycles. The van der Waals surface area contributed by atoms with Gasteiger partial charge < -0.3 is 19.4 Å². The molecule has 1 aromatic rings. The van der Waals surface area contributed by atoms with Crippen LogP contribution in [0.4, 0.5) is 0 Å². The van der Waals surface area contributed by atoms with Crippen LogP contribution in [0.2, 0.25) is 0 Å². The summed E-state index contributed by atoms with van der Waals surface area (Å²) in [7, 11) is 0. The number of hydrogen-bond donors (Lipinski definition) is 1. The Balaban J connectivity index is 2.08. The third kappa shape index (κ3) is 3.69. The third-order valence-corrected chi connectivity index (χ3v) is 7.24. The second kappa shape index (κ2) is 8.46. The number of aliphatic hydroxyl groups excluding tert-OH is 1. The summed E-state index contributed by atoms with van der Waals surface area (Å²) < 4.78 is 6.23. The first kappa shape index (κ1) is 21.2. The van der Waals surface area contributed by atoms with Crippen molar-refractivity contribution in [1.29, 1.82) is 0 Å². The molecule has 0 radical (unpaired) electrons. The molecule has 28 heavy (non-hydrogen) atoms. The average Bonchev–Trinajstić information content (AvgIpc) is 2.70. The van der Waals surface area contributed by atoms with Crippen molar-refractivity contribution in [2.75, 3.05) is 6.61 Å². The van der Waals surface area contributed by atoms with Gasteiger partial charge in [-0.25, -0.2) is 0 Å². The Kier molecular flexibility index (Phi) is 6.40. The molecule has 0 aromatic heterocycles. The average molecular weight is 451 g/mol. The van der Waals surface area contributed by atoms with Crippen LogP contribution in [0.1, 0.15) is 44.6 Å². The van der Waals surface area contributed by atoms with Crippen molar-refractivity contribution < 1.29 is 24.2 Å². The lowest BCUT2D eigenvalue weighted by Gasteiger charge is -2.54. The Bertz CT molecular complexity index is 733. The predicted octanol–water partition coefficient (Wildman–Crippen LogP) is 3.52. The number of carbonyl (C=O) groups is 3. The molecule has 2 aliphatic carbocycles. The Morgan fingerprint density at radius 1 is 1.29 bits per heavy atom. The molecule has 0 saturated heterocycles. The topological polar surface area (TPSA) is 80.7 Å². The van der Waals surface area contributed by atoms with E-state index in [4.69, 9.17) is 4.74 Å². The molecule has 152 valence electrons. The van der Waals surface area contributed by atoms with Crippen LogP contribution < -0.4 is 0 Å². The number of esters is 1. The van der Waals surface area contributed by atoms with E-state index in [9.17, 15) is 19.5 Å². The maximum atomic E-state index is 12.7. The molecule has 2 aliphatic rings. The molecule has 2 fully saturated rings. The maximum Gasteiger partial charge on any atom is 0.309 e. The molecule has 2 saturated carbocycles. The quantitative estimate of drug-likeness (QED) is 0.548. The fraction of sp³-hybridized carbons (Fsp3) is 0.591. The number of aldehydes is 2. The second-order valence-corrected chi connectivity index (χ2v) is 9.24. The monoisotopic (exact) mass is 450 g/mol. The SMILES string of the molecule is CCOC(=O)[C@H]1C[C@@](C)(C=O)[C@H](O)[C@H]2[C@H]1CC[C@@H](C=O)[C@@H]2c1ccc(Br)cc1. The van der Waals surface area contributed by atoms with E-state index < -0.39 is 17.4 Å². The first-order chi connectivity index (χ1) is 13.4. The van der Waals surface area contributed by atoms with E-state index in [1.807, 2.05) is 24.3 Å². The summed E-state index contributed by atoms with van der Waals surface area (Å²) in [4.78, 5) is 36.5. The summed E-state index contributed by atoms with van der Waals surface area (Å²) in [5, 5.41) is 11.2. The van der Waals surface area contributed by atoms with Crippen LogP contribution in [-0.2, 0) is 19.1 Å². The molecule has 0 aliphatic heterocycles. The van der Waals surface area contributed by atoms with Gasteiger partial charge in [-0.2, -0.15) is 0 Å². The van der Waals surface area contributed by atoms with E-state index in [0.717, 1.165) is 22.6 Å². The Morgan fingerprint density at radius 2 is 1.96 bits per heavy atom. The lowest BCUT2D eigenvalue weighted by molar-refractivity contribution is -0.170. The standard InChI is InChI=1S/C22H27BrO5/c1-3-28-21(27)17-10-22(2,12-25)20(26)19-16(17)9-6-14(11-24)18(19)13-4-7-15(23)8-5-13/h4-5,7-8,11-12,14,16-20,26H,3,6,9-10H2,1-2H3/t14-,16-,17-,18-,19-,20+,22-/m0/s1. The van der Waals surface area contributed by atoms with Gasteiger partial charge in [-0.3, -0.25) is 4.79 Å². The van der Waals surface area contributed by atoms with Crippen molar-refractivity contribution in [3.05, 3.63) is 34.3 Å². The van der Waals surface area contributed by atoms with Gasteiger partial charge in [0.25, 0.3) is 0 Å². The summed E-state index contributed by atoms with van der Waals surface area (Å²) in [5.41, 5.74) is -0.0939. The first-order valence-electron chi connectivity index (χ1n) is 9.88. The Morgan fingerprint density at radius 3 is 2.54 bits per heavy atom. The zero-order valence-electron chi connectivity index (χ0n) is 16.2.